The highest BCUT2D eigenvalue weighted by molar-refractivity contribution is 5.78. The number of imidazole rings is 1. The summed E-state index contributed by atoms with van der Waals surface area (Å²) >= 11 is 0. The van der Waals surface area contributed by atoms with Crippen LogP contribution in [0.25, 0.3) is 11.0 Å². The highest BCUT2D eigenvalue weighted by atomic mass is 19.1. The zero-order chi connectivity index (χ0) is 17.1. The van der Waals surface area contributed by atoms with Crippen molar-refractivity contribution >= 4 is 16.9 Å². The molecule has 0 radical (unpaired) electrons. The first-order valence-electron chi connectivity index (χ1n) is 8.95. The van der Waals surface area contributed by atoms with Crippen LogP contribution in [0.2, 0.25) is 0 Å². The maximum absolute atomic E-state index is 13.2. The Kier molecular flexibility index (Phi) is 5.17. The number of fused-ring (bicyclic) bond motifs is 1. The van der Waals surface area contributed by atoms with Crippen LogP contribution in [0.3, 0.4) is 0 Å². The van der Waals surface area contributed by atoms with Gasteiger partial charge in [0.1, 0.15) is 11.6 Å². The van der Waals surface area contributed by atoms with Crippen LogP contribution in [-0.2, 0) is 11.2 Å². The predicted octanol–water partition coefficient (Wildman–Crippen LogP) is 3.82. The molecule has 0 atom stereocenters. The molecule has 2 aromatic rings. The fourth-order valence-electron chi connectivity index (χ4n) is 3.65. The van der Waals surface area contributed by atoms with Gasteiger partial charge in [-0.25, -0.2) is 9.37 Å². The molecule has 0 aliphatic heterocycles. The molecule has 0 saturated heterocycles. The number of nitrogens with one attached hydrogen (secondary N) is 2. The first-order chi connectivity index (χ1) is 11.5. The maximum Gasteiger partial charge on any atom is 0.223 e. The zero-order valence-corrected chi connectivity index (χ0v) is 14.4. The number of hydrogen-bond acceptors (Lipinski definition) is 2. The number of benzene rings is 1. The molecule has 1 aromatic heterocycles. The van der Waals surface area contributed by atoms with Crippen LogP contribution >= 0.6 is 0 Å². The van der Waals surface area contributed by atoms with E-state index < -0.39 is 0 Å². The fraction of sp³-hybridized carbons (Fsp3) is 0.579. The summed E-state index contributed by atoms with van der Waals surface area (Å²) in [7, 11) is 0. The first kappa shape index (κ1) is 16.9. The summed E-state index contributed by atoms with van der Waals surface area (Å²) in [5.74, 6) is 2.31. The molecule has 0 bridgehead atoms. The zero-order valence-electron chi connectivity index (χ0n) is 14.4. The van der Waals surface area contributed by atoms with Gasteiger partial charge >= 0.3 is 0 Å². The van der Waals surface area contributed by atoms with E-state index in [1.54, 1.807) is 6.07 Å². The van der Waals surface area contributed by atoms with Crippen molar-refractivity contribution in [3.63, 3.8) is 0 Å². The second-order valence-corrected chi connectivity index (χ2v) is 7.24. The molecule has 1 aromatic carbocycles. The van der Waals surface area contributed by atoms with E-state index in [2.05, 4.69) is 29.1 Å². The summed E-state index contributed by atoms with van der Waals surface area (Å²) in [6.45, 7) is 5.10. The lowest BCUT2D eigenvalue weighted by Crippen LogP contribution is -2.35. The van der Waals surface area contributed by atoms with Crippen molar-refractivity contribution in [2.45, 2.75) is 46.0 Å². The Bertz CT molecular complexity index is 702. The van der Waals surface area contributed by atoms with Gasteiger partial charge < -0.3 is 10.3 Å². The van der Waals surface area contributed by atoms with E-state index in [-0.39, 0.29) is 17.6 Å². The Morgan fingerprint density at radius 3 is 2.79 bits per heavy atom. The van der Waals surface area contributed by atoms with Gasteiger partial charge in [-0.05, 0) is 55.7 Å². The molecule has 1 saturated carbocycles. The van der Waals surface area contributed by atoms with Crippen LogP contribution in [0.15, 0.2) is 18.2 Å². The molecule has 4 nitrogen and oxygen atoms in total. The van der Waals surface area contributed by atoms with Crippen molar-refractivity contribution in [1.82, 2.24) is 15.3 Å². The highest BCUT2D eigenvalue weighted by Gasteiger charge is 2.27. The van der Waals surface area contributed by atoms with Crippen LogP contribution in [0.1, 0.15) is 45.4 Å². The van der Waals surface area contributed by atoms with Crippen LogP contribution in [0.4, 0.5) is 4.39 Å². The Labute approximate surface area is 142 Å². The number of hydrogen-bond donors (Lipinski definition) is 2. The number of carbonyl (C=O) groups excluding carboxylic acids is 1. The summed E-state index contributed by atoms with van der Waals surface area (Å²) in [4.78, 5) is 19.8. The number of aromatic nitrogens is 2. The van der Waals surface area contributed by atoms with Gasteiger partial charge in [-0.3, -0.25) is 4.79 Å². The maximum atomic E-state index is 13.2. The number of amides is 1. The Morgan fingerprint density at radius 1 is 1.33 bits per heavy atom. The van der Waals surface area contributed by atoms with Crippen molar-refractivity contribution < 1.29 is 9.18 Å². The van der Waals surface area contributed by atoms with E-state index in [0.29, 0.717) is 24.4 Å². The SMILES string of the molecule is CC(C)C1CCC(C(=O)NCCc2nc3ccc(F)cc3[nH]2)CC1. The molecule has 0 unspecified atom stereocenters. The minimum atomic E-state index is -0.275. The van der Waals surface area contributed by atoms with E-state index in [9.17, 15) is 9.18 Å². The third-order valence-electron chi connectivity index (χ3n) is 5.24. The number of nitrogens with zero attached hydrogens (tertiary/aromatic N) is 1. The van der Waals surface area contributed by atoms with Crippen LogP contribution in [0.5, 0.6) is 0 Å². The van der Waals surface area contributed by atoms with Gasteiger partial charge in [0.05, 0.1) is 11.0 Å². The number of rotatable bonds is 5. The number of carbonyl (C=O) groups is 1. The van der Waals surface area contributed by atoms with Crippen molar-refractivity contribution in [3.8, 4) is 0 Å². The van der Waals surface area contributed by atoms with Crippen molar-refractivity contribution in [3.05, 3.63) is 29.8 Å². The topological polar surface area (TPSA) is 57.8 Å². The Balaban J connectivity index is 1.46. The smallest absolute Gasteiger partial charge is 0.223 e. The number of halogens is 1. The second-order valence-electron chi connectivity index (χ2n) is 7.24. The van der Waals surface area contributed by atoms with E-state index in [0.717, 1.165) is 42.9 Å². The van der Waals surface area contributed by atoms with Gasteiger partial charge in [-0.15, -0.1) is 0 Å². The summed E-state index contributed by atoms with van der Waals surface area (Å²) in [6, 6.07) is 4.51. The summed E-state index contributed by atoms with van der Waals surface area (Å²) < 4.78 is 13.2. The molecule has 1 aliphatic carbocycles. The largest absolute Gasteiger partial charge is 0.355 e. The highest BCUT2D eigenvalue weighted by Crippen LogP contribution is 2.33. The molecule has 3 rings (SSSR count). The Hall–Kier alpha value is -1.91. The third-order valence-corrected chi connectivity index (χ3v) is 5.24. The predicted molar refractivity (Wildman–Crippen MR) is 93.1 cm³/mol. The van der Waals surface area contributed by atoms with Gasteiger partial charge in [0, 0.05) is 18.9 Å². The lowest BCUT2D eigenvalue weighted by molar-refractivity contribution is -0.126. The third kappa shape index (κ3) is 3.94. The normalized spacial score (nSPS) is 21.3. The lowest BCUT2D eigenvalue weighted by atomic mass is 9.77. The molecule has 1 aliphatic rings. The molecule has 24 heavy (non-hydrogen) atoms. The van der Waals surface area contributed by atoms with Crippen molar-refractivity contribution in [2.75, 3.05) is 6.54 Å². The van der Waals surface area contributed by atoms with Crippen LogP contribution < -0.4 is 5.32 Å². The molecule has 130 valence electrons. The first-order valence-corrected chi connectivity index (χ1v) is 8.95. The van der Waals surface area contributed by atoms with Gasteiger partial charge in [-0.2, -0.15) is 0 Å². The minimum Gasteiger partial charge on any atom is -0.355 e. The van der Waals surface area contributed by atoms with Crippen molar-refractivity contribution in [2.24, 2.45) is 17.8 Å². The molecule has 5 heteroatoms. The molecule has 0 spiro atoms. The lowest BCUT2D eigenvalue weighted by Gasteiger charge is -2.30. The second kappa shape index (κ2) is 7.32. The molecular weight excluding hydrogens is 305 g/mol. The molecule has 2 N–H and O–H groups in total. The minimum absolute atomic E-state index is 0.157. The summed E-state index contributed by atoms with van der Waals surface area (Å²) in [5, 5.41) is 3.03. The van der Waals surface area contributed by atoms with E-state index in [1.807, 2.05) is 0 Å². The standard InChI is InChI=1S/C19H26FN3O/c1-12(2)13-3-5-14(6-4-13)19(24)21-10-9-18-22-16-8-7-15(20)11-17(16)23-18/h7-8,11-14H,3-6,9-10H2,1-2H3,(H,21,24)(H,22,23). The Morgan fingerprint density at radius 2 is 2.08 bits per heavy atom. The van der Waals surface area contributed by atoms with Crippen molar-refractivity contribution in [1.29, 1.82) is 0 Å². The monoisotopic (exact) mass is 331 g/mol. The molecule has 1 fully saturated rings. The van der Waals surface area contributed by atoms with E-state index in [1.165, 1.54) is 12.1 Å². The van der Waals surface area contributed by atoms with Gasteiger partial charge in [0.25, 0.3) is 0 Å². The molecular formula is C19H26FN3O. The summed E-state index contributed by atoms with van der Waals surface area (Å²) in [6.07, 6.45) is 4.94. The quantitative estimate of drug-likeness (QED) is 0.875. The van der Waals surface area contributed by atoms with Crippen LogP contribution in [0, 0.1) is 23.6 Å². The fourth-order valence-corrected chi connectivity index (χ4v) is 3.65. The van der Waals surface area contributed by atoms with Gasteiger partial charge in [0.2, 0.25) is 5.91 Å². The number of H-pyrrole nitrogens is 1. The van der Waals surface area contributed by atoms with E-state index >= 15 is 0 Å². The average Bonchev–Trinajstić information content (AvgIpc) is 2.96. The average molecular weight is 331 g/mol. The van der Waals surface area contributed by atoms with Crippen LogP contribution in [-0.4, -0.2) is 22.4 Å². The van der Waals surface area contributed by atoms with Gasteiger partial charge in [-0.1, -0.05) is 13.8 Å². The van der Waals surface area contributed by atoms with Gasteiger partial charge in [0.15, 0.2) is 0 Å². The number of aromatic amines is 1. The van der Waals surface area contributed by atoms with E-state index in [4.69, 9.17) is 0 Å². The summed E-state index contributed by atoms with van der Waals surface area (Å²) in [5.41, 5.74) is 1.45. The molecule has 1 heterocycles. The molecule has 1 amide bonds.